The summed E-state index contributed by atoms with van der Waals surface area (Å²) in [6, 6.07) is 10.7. The fraction of sp³-hybridized carbons (Fsp3) is 0.407. The van der Waals surface area contributed by atoms with E-state index in [4.69, 9.17) is 10.5 Å². The van der Waals surface area contributed by atoms with Gasteiger partial charge in [-0.3, -0.25) is 9.69 Å². The van der Waals surface area contributed by atoms with Gasteiger partial charge in [-0.1, -0.05) is 24.8 Å². The topological polar surface area (TPSA) is 79.1 Å². The van der Waals surface area contributed by atoms with Crippen LogP contribution in [0, 0.1) is 12.7 Å². The number of aryl methyl sites for hydroxylation is 1. The standard InChI is InChI=1S/C27H33FN4O3/c1-4-26(33)32-12-11-30(15-19(32)3)17-25(21-6-5-18(2)24(28)14-21)35-23-8-7-22-16-31(27(29)34)10-9-20(22)13-23/h4-8,13-14,19,25H,1,9-12,15-17H2,2-3H3,(H2,29,34)/t19-,25+/m1/s1. The van der Waals surface area contributed by atoms with Gasteiger partial charge in [-0.15, -0.1) is 0 Å². The monoisotopic (exact) mass is 480 g/mol. The maximum Gasteiger partial charge on any atom is 0.315 e. The molecule has 4 rings (SSSR count). The Bertz CT molecular complexity index is 1120. The zero-order valence-electron chi connectivity index (χ0n) is 20.4. The van der Waals surface area contributed by atoms with Crippen LogP contribution in [0.1, 0.15) is 35.3 Å². The maximum absolute atomic E-state index is 14.5. The number of nitrogens with zero attached hydrogens (tertiary/aromatic N) is 3. The van der Waals surface area contributed by atoms with Crippen LogP contribution in [0.5, 0.6) is 5.75 Å². The third-order valence-electron chi connectivity index (χ3n) is 6.94. The molecule has 1 fully saturated rings. The second kappa shape index (κ2) is 10.5. The van der Waals surface area contributed by atoms with Crippen molar-refractivity contribution >= 4 is 11.9 Å². The number of nitrogens with two attached hydrogens (primary N) is 1. The van der Waals surface area contributed by atoms with E-state index in [1.807, 2.05) is 36.1 Å². The van der Waals surface area contributed by atoms with Gasteiger partial charge >= 0.3 is 6.03 Å². The Morgan fingerprint density at radius 1 is 1.20 bits per heavy atom. The summed E-state index contributed by atoms with van der Waals surface area (Å²) in [5.74, 6) is 0.383. The summed E-state index contributed by atoms with van der Waals surface area (Å²) in [4.78, 5) is 29.3. The Morgan fingerprint density at radius 3 is 2.69 bits per heavy atom. The Labute approximate surface area is 205 Å². The van der Waals surface area contributed by atoms with Crippen molar-refractivity contribution in [3.8, 4) is 5.75 Å². The number of urea groups is 1. The molecule has 0 spiro atoms. The van der Waals surface area contributed by atoms with Crippen molar-refractivity contribution in [2.24, 2.45) is 5.73 Å². The van der Waals surface area contributed by atoms with E-state index in [2.05, 4.69) is 11.5 Å². The van der Waals surface area contributed by atoms with Gasteiger partial charge < -0.3 is 20.3 Å². The number of halogens is 1. The lowest BCUT2D eigenvalue weighted by Gasteiger charge is -2.40. The summed E-state index contributed by atoms with van der Waals surface area (Å²) in [5.41, 5.74) is 8.97. The van der Waals surface area contributed by atoms with Crippen LogP contribution >= 0.6 is 0 Å². The fourth-order valence-corrected chi connectivity index (χ4v) is 4.85. The van der Waals surface area contributed by atoms with Gasteiger partial charge in [0.25, 0.3) is 0 Å². The van der Waals surface area contributed by atoms with E-state index in [9.17, 15) is 14.0 Å². The van der Waals surface area contributed by atoms with E-state index < -0.39 is 6.03 Å². The van der Waals surface area contributed by atoms with Crippen LogP contribution in [-0.4, -0.2) is 65.4 Å². The molecule has 186 valence electrons. The molecule has 0 aliphatic carbocycles. The van der Waals surface area contributed by atoms with Crippen molar-refractivity contribution in [3.63, 3.8) is 0 Å². The summed E-state index contributed by atoms with van der Waals surface area (Å²) >= 11 is 0. The zero-order chi connectivity index (χ0) is 25.1. The number of fused-ring (bicyclic) bond motifs is 1. The normalized spacial score (nSPS) is 19.1. The SMILES string of the molecule is C=CC(=O)N1CCN(C[C@H](Oc2ccc3c(c2)CCN(C(N)=O)C3)c2ccc(C)c(F)c2)C[C@H]1C. The first-order chi connectivity index (χ1) is 16.7. The highest BCUT2D eigenvalue weighted by Crippen LogP contribution is 2.29. The lowest BCUT2D eigenvalue weighted by molar-refractivity contribution is -0.130. The first-order valence-electron chi connectivity index (χ1n) is 12.0. The van der Waals surface area contributed by atoms with Crippen molar-refractivity contribution in [3.05, 3.63) is 77.1 Å². The van der Waals surface area contributed by atoms with E-state index in [0.29, 0.717) is 57.0 Å². The van der Waals surface area contributed by atoms with E-state index in [1.54, 1.807) is 24.0 Å². The molecule has 2 aromatic carbocycles. The molecule has 8 heteroatoms. The third-order valence-corrected chi connectivity index (χ3v) is 6.94. The molecule has 2 aliphatic rings. The van der Waals surface area contributed by atoms with Gasteiger partial charge in [0.1, 0.15) is 17.7 Å². The second-order valence-electron chi connectivity index (χ2n) is 9.40. The molecule has 3 amide bonds. The number of carbonyl (C=O) groups excluding carboxylic acids is 2. The number of benzene rings is 2. The molecule has 0 bridgehead atoms. The van der Waals surface area contributed by atoms with Crippen LogP contribution in [0.15, 0.2) is 49.1 Å². The number of ether oxygens (including phenoxy) is 1. The molecule has 0 saturated carbocycles. The number of hydrogen-bond acceptors (Lipinski definition) is 4. The molecule has 2 aromatic rings. The number of hydrogen-bond donors (Lipinski definition) is 1. The van der Waals surface area contributed by atoms with Gasteiger partial charge in [-0.25, -0.2) is 9.18 Å². The summed E-state index contributed by atoms with van der Waals surface area (Å²) in [5, 5.41) is 0. The summed E-state index contributed by atoms with van der Waals surface area (Å²) in [6.07, 6.45) is 1.67. The maximum atomic E-state index is 14.5. The van der Waals surface area contributed by atoms with Crippen LogP contribution < -0.4 is 10.5 Å². The summed E-state index contributed by atoms with van der Waals surface area (Å²) < 4.78 is 20.9. The van der Waals surface area contributed by atoms with Crippen molar-refractivity contribution in [1.82, 2.24) is 14.7 Å². The molecule has 1 saturated heterocycles. The molecule has 0 radical (unpaired) electrons. The van der Waals surface area contributed by atoms with Gasteiger partial charge in [0.15, 0.2) is 0 Å². The fourth-order valence-electron chi connectivity index (χ4n) is 4.85. The van der Waals surface area contributed by atoms with Crippen LogP contribution in [0.2, 0.25) is 0 Å². The average molecular weight is 481 g/mol. The molecule has 35 heavy (non-hydrogen) atoms. The molecule has 0 unspecified atom stereocenters. The number of carbonyl (C=O) groups is 2. The average Bonchev–Trinajstić information content (AvgIpc) is 2.84. The largest absolute Gasteiger partial charge is 0.484 e. The van der Waals surface area contributed by atoms with Crippen LogP contribution in [0.3, 0.4) is 0 Å². The molecule has 2 heterocycles. The van der Waals surface area contributed by atoms with Crippen molar-refractivity contribution in [2.75, 3.05) is 32.7 Å². The minimum absolute atomic E-state index is 0.0431. The minimum atomic E-state index is -0.415. The van der Waals surface area contributed by atoms with Crippen LogP contribution in [0.4, 0.5) is 9.18 Å². The smallest absolute Gasteiger partial charge is 0.315 e. The molecule has 2 aliphatic heterocycles. The first-order valence-corrected chi connectivity index (χ1v) is 12.0. The third kappa shape index (κ3) is 5.65. The lowest BCUT2D eigenvalue weighted by Crippen LogP contribution is -2.54. The van der Waals surface area contributed by atoms with E-state index >= 15 is 0 Å². The zero-order valence-corrected chi connectivity index (χ0v) is 20.4. The summed E-state index contributed by atoms with van der Waals surface area (Å²) in [6.45, 7) is 11.0. The minimum Gasteiger partial charge on any atom is -0.484 e. The highest BCUT2D eigenvalue weighted by molar-refractivity contribution is 5.87. The Hall–Kier alpha value is -3.39. The van der Waals surface area contributed by atoms with E-state index in [1.165, 1.54) is 6.08 Å². The van der Waals surface area contributed by atoms with Crippen molar-refractivity contribution in [2.45, 2.75) is 39.0 Å². The van der Waals surface area contributed by atoms with Gasteiger partial charge in [0.2, 0.25) is 5.91 Å². The summed E-state index contributed by atoms with van der Waals surface area (Å²) in [7, 11) is 0. The Balaban J connectivity index is 1.53. The Kier molecular flexibility index (Phi) is 7.40. The molecule has 2 N–H and O–H groups in total. The first kappa shape index (κ1) is 24.7. The highest BCUT2D eigenvalue weighted by atomic mass is 19.1. The quantitative estimate of drug-likeness (QED) is 0.643. The van der Waals surface area contributed by atoms with Gasteiger partial charge in [-0.05, 0) is 66.8 Å². The van der Waals surface area contributed by atoms with Gasteiger partial charge in [0.05, 0.1) is 0 Å². The predicted octanol–water partition coefficient (Wildman–Crippen LogP) is 3.41. The number of amides is 3. The van der Waals surface area contributed by atoms with Crippen molar-refractivity contribution < 1.29 is 18.7 Å². The lowest BCUT2D eigenvalue weighted by atomic mass is 9.99. The number of rotatable bonds is 6. The van der Waals surface area contributed by atoms with Gasteiger partial charge in [-0.2, -0.15) is 0 Å². The van der Waals surface area contributed by atoms with Gasteiger partial charge in [0, 0.05) is 45.3 Å². The molecule has 0 aromatic heterocycles. The number of piperazine rings is 1. The molecular formula is C27H33FN4O3. The highest BCUT2D eigenvalue weighted by Gasteiger charge is 2.29. The predicted molar refractivity (Wildman–Crippen MR) is 132 cm³/mol. The van der Waals surface area contributed by atoms with Crippen LogP contribution in [-0.2, 0) is 17.8 Å². The van der Waals surface area contributed by atoms with E-state index in [-0.39, 0.29) is 23.9 Å². The van der Waals surface area contributed by atoms with Crippen LogP contribution in [0.25, 0.3) is 0 Å². The van der Waals surface area contributed by atoms with Crippen molar-refractivity contribution in [1.29, 1.82) is 0 Å². The van der Waals surface area contributed by atoms with E-state index in [0.717, 1.165) is 16.7 Å². The molecule has 2 atom stereocenters. The molecular weight excluding hydrogens is 447 g/mol. The second-order valence-corrected chi connectivity index (χ2v) is 9.40. The molecule has 7 nitrogen and oxygen atoms in total. The Morgan fingerprint density at radius 2 is 2.00 bits per heavy atom. The number of primary amides is 1.